The minimum atomic E-state index is -0.943. The smallest absolute Gasteiger partial charge is 0.326 e. The molecule has 2 atom stereocenters. The zero-order valence-electron chi connectivity index (χ0n) is 9.48. The number of nitrogens with zero attached hydrogens (tertiary/aromatic N) is 4. The Morgan fingerprint density at radius 1 is 1.53 bits per heavy atom. The Morgan fingerprint density at radius 2 is 2.29 bits per heavy atom. The number of rotatable bonds is 3. The molecule has 1 aromatic rings. The highest BCUT2D eigenvalue weighted by molar-refractivity contribution is 5.86. The first-order valence-corrected chi connectivity index (χ1v) is 5.48. The third-order valence-corrected chi connectivity index (χ3v) is 3.01. The van der Waals surface area contributed by atoms with E-state index in [1.807, 2.05) is 0 Å². The van der Waals surface area contributed by atoms with Crippen molar-refractivity contribution in [1.82, 2.24) is 19.7 Å². The van der Waals surface area contributed by atoms with Crippen molar-refractivity contribution >= 4 is 11.9 Å². The number of carboxylic acids is 1. The number of carboxylic acid groups (broad SMARTS) is 1. The van der Waals surface area contributed by atoms with Crippen molar-refractivity contribution in [3.63, 3.8) is 0 Å². The van der Waals surface area contributed by atoms with Crippen LogP contribution in [0.2, 0.25) is 0 Å². The standard InChI is InChI=1S/C10H14N4O3/c1-7(14-6-11-5-12-14)9(15)13-4-2-3-8(13)10(16)17/h5-8H,2-4H2,1H3,(H,16,17)/t7?,8-/m1/s1. The molecule has 0 saturated carbocycles. The van der Waals surface area contributed by atoms with Crippen LogP contribution in [0.1, 0.15) is 25.8 Å². The van der Waals surface area contributed by atoms with Crippen LogP contribution in [0.5, 0.6) is 0 Å². The zero-order chi connectivity index (χ0) is 12.4. The fourth-order valence-corrected chi connectivity index (χ4v) is 2.06. The van der Waals surface area contributed by atoms with E-state index >= 15 is 0 Å². The van der Waals surface area contributed by atoms with Crippen LogP contribution >= 0.6 is 0 Å². The van der Waals surface area contributed by atoms with Gasteiger partial charge >= 0.3 is 5.97 Å². The molecular weight excluding hydrogens is 224 g/mol. The summed E-state index contributed by atoms with van der Waals surface area (Å²) in [6.45, 7) is 2.18. The van der Waals surface area contributed by atoms with Gasteiger partial charge in [-0.2, -0.15) is 5.10 Å². The summed E-state index contributed by atoms with van der Waals surface area (Å²) in [5.74, 6) is -1.16. The van der Waals surface area contributed by atoms with E-state index in [1.165, 1.54) is 22.2 Å². The number of likely N-dealkylation sites (tertiary alicyclic amines) is 1. The molecule has 7 nitrogen and oxygen atoms in total. The second kappa shape index (κ2) is 4.52. The van der Waals surface area contributed by atoms with Crippen molar-refractivity contribution < 1.29 is 14.7 Å². The van der Waals surface area contributed by atoms with E-state index in [0.717, 1.165) is 6.42 Å². The zero-order valence-corrected chi connectivity index (χ0v) is 9.48. The maximum Gasteiger partial charge on any atom is 0.326 e. The topological polar surface area (TPSA) is 88.3 Å². The first-order chi connectivity index (χ1) is 8.11. The van der Waals surface area contributed by atoms with Gasteiger partial charge in [0, 0.05) is 6.54 Å². The molecular formula is C10H14N4O3. The van der Waals surface area contributed by atoms with E-state index in [1.54, 1.807) is 6.92 Å². The summed E-state index contributed by atoms with van der Waals surface area (Å²) < 4.78 is 1.43. The normalized spacial score (nSPS) is 21.5. The largest absolute Gasteiger partial charge is 0.480 e. The fraction of sp³-hybridized carbons (Fsp3) is 0.600. The number of carbonyl (C=O) groups is 2. The summed E-state index contributed by atoms with van der Waals surface area (Å²) in [4.78, 5) is 28.3. The molecule has 2 heterocycles. The maximum atomic E-state index is 12.1. The van der Waals surface area contributed by atoms with E-state index in [2.05, 4.69) is 10.1 Å². The number of hydrogen-bond acceptors (Lipinski definition) is 4. The average molecular weight is 238 g/mol. The molecule has 0 bridgehead atoms. The van der Waals surface area contributed by atoms with Crippen LogP contribution in [0.15, 0.2) is 12.7 Å². The molecule has 17 heavy (non-hydrogen) atoms. The predicted molar refractivity (Wildman–Crippen MR) is 57.1 cm³/mol. The monoisotopic (exact) mass is 238 g/mol. The van der Waals surface area contributed by atoms with Crippen molar-refractivity contribution in [2.75, 3.05) is 6.54 Å². The van der Waals surface area contributed by atoms with Crippen LogP contribution < -0.4 is 0 Å². The van der Waals surface area contributed by atoms with Crippen LogP contribution in [0.3, 0.4) is 0 Å². The third kappa shape index (κ3) is 2.13. The molecule has 1 N–H and O–H groups in total. The maximum absolute atomic E-state index is 12.1. The summed E-state index contributed by atoms with van der Waals surface area (Å²) in [5, 5.41) is 12.9. The summed E-state index contributed by atoms with van der Waals surface area (Å²) >= 11 is 0. The van der Waals surface area contributed by atoms with Gasteiger partial charge in [0.2, 0.25) is 5.91 Å². The van der Waals surface area contributed by atoms with Crippen LogP contribution in [0, 0.1) is 0 Å². The van der Waals surface area contributed by atoms with Gasteiger partial charge in [0.05, 0.1) is 0 Å². The summed E-state index contributed by atoms with van der Waals surface area (Å²) in [6, 6.07) is -1.22. The molecule has 1 fully saturated rings. The SMILES string of the molecule is CC(C(=O)N1CCC[C@@H]1C(=O)O)n1cncn1. The molecule has 92 valence electrons. The highest BCUT2D eigenvalue weighted by atomic mass is 16.4. The third-order valence-electron chi connectivity index (χ3n) is 3.01. The first kappa shape index (κ1) is 11.6. The molecule has 1 aliphatic heterocycles. The lowest BCUT2D eigenvalue weighted by Crippen LogP contribution is -2.43. The van der Waals surface area contributed by atoms with Gasteiger partial charge in [0.25, 0.3) is 0 Å². The van der Waals surface area contributed by atoms with Crippen molar-refractivity contribution in [3.05, 3.63) is 12.7 Å². The lowest BCUT2D eigenvalue weighted by molar-refractivity contribution is -0.149. The van der Waals surface area contributed by atoms with Gasteiger partial charge in [0.15, 0.2) is 0 Å². The van der Waals surface area contributed by atoms with E-state index in [9.17, 15) is 9.59 Å². The molecule has 0 radical (unpaired) electrons. The second-order valence-electron chi connectivity index (χ2n) is 4.08. The quantitative estimate of drug-likeness (QED) is 0.795. The number of hydrogen-bond donors (Lipinski definition) is 1. The summed E-state index contributed by atoms with van der Waals surface area (Å²) in [7, 11) is 0. The predicted octanol–water partition coefficient (Wildman–Crippen LogP) is -0.0853. The number of amides is 1. The molecule has 7 heteroatoms. The minimum Gasteiger partial charge on any atom is -0.480 e. The number of carbonyl (C=O) groups excluding carboxylic acids is 1. The molecule has 2 rings (SSSR count). The molecule has 1 unspecified atom stereocenters. The lowest BCUT2D eigenvalue weighted by Gasteiger charge is -2.24. The molecule has 1 aromatic heterocycles. The second-order valence-corrected chi connectivity index (χ2v) is 4.08. The van der Waals surface area contributed by atoms with Crippen molar-refractivity contribution in [3.8, 4) is 0 Å². The van der Waals surface area contributed by atoms with Crippen LogP contribution in [-0.2, 0) is 9.59 Å². The Labute approximate surface area is 98.0 Å². The molecule has 1 saturated heterocycles. The van der Waals surface area contributed by atoms with Crippen LogP contribution in [-0.4, -0.2) is 49.2 Å². The van der Waals surface area contributed by atoms with Crippen LogP contribution in [0.4, 0.5) is 0 Å². The fourth-order valence-electron chi connectivity index (χ4n) is 2.06. The summed E-state index contributed by atoms with van der Waals surface area (Å²) in [6.07, 6.45) is 4.05. The van der Waals surface area contributed by atoms with Gasteiger partial charge in [-0.05, 0) is 19.8 Å². The Morgan fingerprint density at radius 3 is 2.88 bits per heavy atom. The van der Waals surface area contributed by atoms with E-state index < -0.39 is 18.1 Å². The Balaban J connectivity index is 2.12. The molecule has 0 aromatic carbocycles. The Bertz CT molecular complexity index is 417. The van der Waals surface area contributed by atoms with Gasteiger partial charge in [-0.1, -0.05) is 0 Å². The van der Waals surface area contributed by atoms with Gasteiger partial charge in [0.1, 0.15) is 24.7 Å². The van der Waals surface area contributed by atoms with Gasteiger partial charge < -0.3 is 10.0 Å². The molecule has 0 aliphatic carbocycles. The highest BCUT2D eigenvalue weighted by Gasteiger charge is 2.36. The first-order valence-electron chi connectivity index (χ1n) is 5.48. The minimum absolute atomic E-state index is 0.222. The number of aliphatic carboxylic acids is 1. The van der Waals surface area contributed by atoms with Crippen LogP contribution in [0.25, 0.3) is 0 Å². The van der Waals surface area contributed by atoms with Gasteiger partial charge in [-0.15, -0.1) is 0 Å². The Hall–Kier alpha value is -1.92. The van der Waals surface area contributed by atoms with Gasteiger partial charge in [-0.25, -0.2) is 14.5 Å². The molecule has 0 spiro atoms. The lowest BCUT2D eigenvalue weighted by atomic mass is 10.2. The number of aromatic nitrogens is 3. The van der Waals surface area contributed by atoms with Crippen molar-refractivity contribution in [2.24, 2.45) is 0 Å². The van der Waals surface area contributed by atoms with Crippen molar-refractivity contribution in [2.45, 2.75) is 31.8 Å². The molecule has 1 amide bonds. The van der Waals surface area contributed by atoms with E-state index in [-0.39, 0.29) is 5.91 Å². The Kier molecular flexibility index (Phi) is 3.08. The summed E-state index contributed by atoms with van der Waals surface area (Å²) in [5.41, 5.74) is 0. The van der Waals surface area contributed by atoms with Crippen molar-refractivity contribution in [1.29, 1.82) is 0 Å². The van der Waals surface area contributed by atoms with E-state index in [4.69, 9.17) is 5.11 Å². The average Bonchev–Trinajstić information content (AvgIpc) is 2.97. The van der Waals surface area contributed by atoms with Gasteiger partial charge in [-0.3, -0.25) is 4.79 Å². The van der Waals surface area contributed by atoms with E-state index in [0.29, 0.717) is 13.0 Å². The molecule has 1 aliphatic rings. The highest BCUT2D eigenvalue weighted by Crippen LogP contribution is 2.21.